The van der Waals surface area contributed by atoms with Gasteiger partial charge in [0.05, 0.1) is 6.61 Å². The molecule has 0 aliphatic heterocycles. The van der Waals surface area contributed by atoms with Crippen LogP contribution in [0.15, 0.2) is 24.3 Å². The molecule has 0 aliphatic carbocycles. The van der Waals surface area contributed by atoms with E-state index in [1.165, 1.54) is 18.2 Å². The lowest BCUT2D eigenvalue weighted by Gasteiger charge is -2.14. The third kappa shape index (κ3) is 8.45. The Morgan fingerprint density at radius 2 is 1.71 bits per heavy atom. The molecule has 1 N–H and O–H groups in total. The summed E-state index contributed by atoms with van der Waals surface area (Å²) in [5, 5.41) is 3.30. The minimum absolute atomic E-state index is 0.120. The molecule has 3 nitrogen and oxygen atoms in total. The summed E-state index contributed by atoms with van der Waals surface area (Å²) in [5.41, 5.74) is 0. The van der Waals surface area contributed by atoms with Crippen molar-refractivity contribution in [2.75, 3.05) is 13.2 Å². The van der Waals surface area contributed by atoms with Crippen molar-refractivity contribution in [2.24, 2.45) is 0 Å². The normalized spacial score (nSPS) is 11.7. The number of hydrogen-bond donors (Lipinski definition) is 1. The van der Waals surface area contributed by atoms with Crippen LogP contribution in [0.4, 0.5) is 13.2 Å². The molecule has 0 saturated heterocycles. The molecule has 6 heteroatoms. The van der Waals surface area contributed by atoms with Crippen LogP contribution in [0.1, 0.15) is 33.1 Å². The van der Waals surface area contributed by atoms with Crippen LogP contribution in [0.5, 0.6) is 11.5 Å². The number of benzene rings is 1. The molecule has 0 spiro atoms. The van der Waals surface area contributed by atoms with Crippen molar-refractivity contribution < 1.29 is 22.6 Å². The smallest absolute Gasteiger partial charge is 0.490 e. The van der Waals surface area contributed by atoms with Crippen molar-refractivity contribution in [3.05, 3.63) is 24.3 Å². The first-order valence-corrected chi connectivity index (χ1v) is 7.09. The Morgan fingerprint density at radius 3 is 2.33 bits per heavy atom. The number of ether oxygens (including phenoxy) is 2. The highest BCUT2D eigenvalue weighted by Gasteiger charge is 2.32. The number of unbranched alkanes of at least 4 members (excludes halogenated alkanes) is 2. The highest BCUT2D eigenvalue weighted by molar-refractivity contribution is 5.39. The lowest BCUT2D eigenvalue weighted by atomic mass is 10.2. The van der Waals surface area contributed by atoms with Crippen LogP contribution in [-0.2, 0) is 0 Å². The molecule has 0 bridgehead atoms. The largest absolute Gasteiger partial charge is 0.573 e. The van der Waals surface area contributed by atoms with Gasteiger partial charge in [-0.3, -0.25) is 0 Å². The van der Waals surface area contributed by atoms with Crippen LogP contribution in [0.3, 0.4) is 0 Å². The van der Waals surface area contributed by atoms with Crippen molar-refractivity contribution in [1.82, 2.24) is 5.32 Å². The number of alkyl halides is 3. The molecule has 120 valence electrons. The summed E-state index contributed by atoms with van der Waals surface area (Å²) in [5.74, 6) is -0.179. The van der Waals surface area contributed by atoms with Gasteiger partial charge in [-0.15, -0.1) is 13.2 Å². The van der Waals surface area contributed by atoms with E-state index in [1.807, 2.05) is 0 Å². The molecule has 0 unspecified atom stereocenters. The third-order valence-corrected chi connectivity index (χ3v) is 2.71. The maximum absolute atomic E-state index is 12.2. The Morgan fingerprint density at radius 1 is 1.05 bits per heavy atom. The SMILES string of the molecule is CC(C)NCCCCCOc1ccccc1OC(F)(F)F. The van der Waals surface area contributed by atoms with Gasteiger partial charge in [-0.1, -0.05) is 26.0 Å². The fourth-order valence-corrected chi connectivity index (χ4v) is 1.76. The first-order chi connectivity index (χ1) is 9.88. The maximum Gasteiger partial charge on any atom is 0.573 e. The van der Waals surface area contributed by atoms with E-state index in [0.717, 1.165) is 25.8 Å². The quantitative estimate of drug-likeness (QED) is 0.696. The second kappa shape index (κ2) is 8.77. The van der Waals surface area contributed by atoms with Gasteiger partial charge in [0.15, 0.2) is 11.5 Å². The van der Waals surface area contributed by atoms with Crippen LogP contribution in [0, 0.1) is 0 Å². The van der Waals surface area contributed by atoms with Gasteiger partial charge in [-0.05, 0) is 37.9 Å². The average Bonchev–Trinajstić information content (AvgIpc) is 2.37. The van der Waals surface area contributed by atoms with E-state index < -0.39 is 6.36 Å². The van der Waals surface area contributed by atoms with Crippen LogP contribution < -0.4 is 14.8 Å². The highest BCUT2D eigenvalue weighted by Crippen LogP contribution is 2.31. The van der Waals surface area contributed by atoms with Crippen molar-refractivity contribution in [3.8, 4) is 11.5 Å². The first-order valence-electron chi connectivity index (χ1n) is 7.09. The van der Waals surface area contributed by atoms with Gasteiger partial charge in [0, 0.05) is 6.04 Å². The van der Waals surface area contributed by atoms with Gasteiger partial charge in [-0.2, -0.15) is 0 Å². The highest BCUT2D eigenvalue weighted by atomic mass is 19.4. The number of hydrogen-bond acceptors (Lipinski definition) is 3. The Kier molecular flexibility index (Phi) is 7.36. The van der Waals surface area contributed by atoms with Crippen molar-refractivity contribution in [3.63, 3.8) is 0 Å². The molecular weight excluding hydrogens is 283 g/mol. The van der Waals surface area contributed by atoms with Crippen molar-refractivity contribution in [1.29, 1.82) is 0 Å². The van der Waals surface area contributed by atoms with Crippen LogP contribution in [-0.4, -0.2) is 25.6 Å². The van der Waals surface area contributed by atoms with Gasteiger partial charge in [0.2, 0.25) is 0 Å². The van der Waals surface area contributed by atoms with Gasteiger partial charge in [-0.25, -0.2) is 0 Å². The summed E-state index contributed by atoms with van der Waals surface area (Å²) in [4.78, 5) is 0. The van der Waals surface area contributed by atoms with E-state index in [9.17, 15) is 13.2 Å². The number of para-hydroxylation sites is 2. The number of nitrogens with one attached hydrogen (secondary N) is 1. The molecule has 0 aromatic heterocycles. The maximum atomic E-state index is 12.2. The molecular formula is C15H22F3NO2. The standard InChI is InChI=1S/C15H22F3NO2/c1-12(2)19-10-6-3-7-11-20-13-8-4-5-9-14(13)21-15(16,17)18/h4-5,8-9,12,19H,3,6-7,10-11H2,1-2H3. The molecule has 21 heavy (non-hydrogen) atoms. The fourth-order valence-electron chi connectivity index (χ4n) is 1.76. The molecule has 0 atom stereocenters. The monoisotopic (exact) mass is 305 g/mol. The zero-order valence-electron chi connectivity index (χ0n) is 12.4. The first kappa shape index (κ1) is 17.6. The zero-order valence-corrected chi connectivity index (χ0v) is 12.4. The molecule has 0 heterocycles. The summed E-state index contributed by atoms with van der Waals surface area (Å²) in [7, 11) is 0. The number of halogens is 3. The Bertz CT molecular complexity index is 408. The molecule has 0 fully saturated rings. The molecule has 0 amide bonds. The minimum Gasteiger partial charge on any atom is -0.490 e. The second-order valence-electron chi connectivity index (χ2n) is 5.01. The Balaban J connectivity index is 2.29. The third-order valence-electron chi connectivity index (χ3n) is 2.71. The molecule has 1 aromatic carbocycles. The fraction of sp³-hybridized carbons (Fsp3) is 0.600. The average molecular weight is 305 g/mol. The van der Waals surface area contributed by atoms with Crippen LogP contribution >= 0.6 is 0 Å². The summed E-state index contributed by atoms with van der Waals surface area (Å²) in [6.07, 6.45) is -1.94. The minimum atomic E-state index is -4.71. The second-order valence-corrected chi connectivity index (χ2v) is 5.01. The van der Waals surface area contributed by atoms with E-state index in [-0.39, 0.29) is 11.5 Å². The topological polar surface area (TPSA) is 30.5 Å². The Labute approximate surface area is 123 Å². The van der Waals surface area contributed by atoms with Crippen molar-refractivity contribution in [2.45, 2.75) is 45.5 Å². The number of rotatable bonds is 9. The van der Waals surface area contributed by atoms with E-state index in [0.29, 0.717) is 12.6 Å². The summed E-state index contributed by atoms with van der Waals surface area (Å²) in [6.45, 7) is 5.48. The lowest BCUT2D eigenvalue weighted by Crippen LogP contribution is -2.23. The lowest BCUT2D eigenvalue weighted by molar-refractivity contribution is -0.275. The molecule has 1 rings (SSSR count). The van der Waals surface area contributed by atoms with Crippen LogP contribution in [0.2, 0.25) is 0 Å². The van der Waals surface area contributed by atoms with E-state index in [1.54, 1.807) is 6.07 Å². The van der Waals surface area contributed by atoms with Gasteiger partial charge in [0.1, 0.15) is 0 Å². The molecule has 0 aliphatic rings. The van der Waals surface area contributed by atoms with Gasteiger partial charge < -0.3 is 14.8 Å². The van der Waals surface area contributed by atoms with Crippen molar-refractivity contribution >= 4 is 0 Å². The van der Waals surface area contributed by atoms with E-state index in [4.69, 9.17) is 4.74 Å². The van der Waals surface area contributed by atoms with E-state index >= 15 is 0 Å². The molecule has 0 radical (unpaired) electrons. The van der Waals surface area contributed by atoms with Gasteiger partial charge in [0.25, 0.3) is 0 Å². The molecule has 1 aromatic rings. The molecule has 0 saturated carbocycles. The summed E-state index contributed by atoms with van der Waals surface area (Å²) < 4.78 is 46.0. The summed E-state index contributed by atoms with van der Waals surface area (Å²) in [6, 6.07) is 6.28. The predicted molar refractivity (Wildman–Crippen MR) is 75.6 cm³/mol. The van der Waals surface area contributed by atoms with E-state index in [2.05, 4.69) is 23.9 Å². The Hall–Kier alpha value is -1.43. The predicted octanol–water partition coefficient (Wildman–Crippen LogP) is 4.13. The van der Waals surface area contributed by atoms with Crippen LogP contribution in [0.25, 0.3) is 0 Å². The summed E-state index contributed by atoms with van der Waals surface area (Å²) >= 11 is 0. The zero-order chi connectivity index (χ0) is 15.7. The van der Waals surface area contributed by atoms with Gasteiger partial charge >= 0.3 is 6.36 Å².